The molecule has 2 aromatic rings. The van der Waals surface area contributed by atoms with E-state index in [0.29, 0.717) is 34.1 Å². The summed E-state index contributed by atoms with van der Waals surface area (Å²) in [6.07, 6.45) is 1.52. The van der Waals surface area contributed by atoms with Crippen molar-refractivity contribution in [3.63, 3.8) is 0 Å². The van der Waals surface area contributed by atoms with Crippen molar-refractivity contribution in [2.24, 2.45) is 0 Å². The van der Waals surface area contributed by atoms with Gasteiger partial charge in [-0.1, -0.05) is 12.6 Å². The summed E-state index contributed by atoms with van der Waals surface area (Å²) in [7, 11) is 0.971. The predicted octanol–water partition coefficient (Wildman–Crippen LogP) is 3.12. The maximum absolute atomic E-state index is 12.6. The first-order chi connectivity index (χ1) is 13.3. The molecule has 0 fully saturated rings. The molecule has 0 aromatic heterocycles. The average Bonchev–Trinajstić information content (AvgIpc) is 3.00. The van der Waals surface area contributed by atoms with Gasteiger partial charge in [0.1, 0.15) is 0 Å². The maximum atomic E-state index is 12.6. The van der Waals surface area contributed by atoms with Crippen molar-refractivity contribution < 1.29 is 27.4 Å². The number of anilines is 1. The van der Waals surface area contributed by atoms with Gasteiger partial charge in [0.15, 0.2) is 11.5 Å². The molecule has 0 saturated heterocycles. The molecular formula is C20H19NO6S. The third kappa shape index (κ3) is 3.46. The quantitative estimate of drug-likeness (QED) is 0.748. The van der Waals surface area contributed by atoms with Crippen LogP contribution in [0.3, 0.4) is 0 Å². The number of amides is 1. The summed E-state index contributed by atoms with van der Waals surface area (Å²) in [5.41, 5.74) is 1.56. The number of hydrogen-bond donors (Lipinski definition) is 1. The Morgan fingerprint density at radius 3 is 2.21 bits per heavy atom. The van der Waals surface area contributed by atoms with Crippen molar-refractivity contribution >= 4 is 33.1 Å². The Bertz CT molecular complexity index is 1080. The van der Waals surface area contributed by atoms with Gasteiger partial charge in [0.25, 0.3) is 5.91 Å². The zero-order valence-electron chi connectivity index (χ0n) is 15.6. The van der Waals surface area contributed by atoms with Crippen LogP contribution in [0.25, 0.3) is 11.6 Å². The molecule has 28 heavy (non-hydrogen) atoms. The van der Waals surface area contributed by atoms with E-state index in [2.05, 4.69) is 11.9 Å². The lowest BCUT2D eigenvalue weighted by Gasteiger charge is -2.15. The minimum atomic E-state index is -3.46. The van der Waals surface area contributed by atoms with Gasteiger partial charge in [-0.3, -0.25) is 4.79 Å². The number of sulfone groups is 1. The highest BCUT2D eigenvalue weighted by molar-refractivity contribution is 7.94. The van der Waals surface area contributed by atoms with Crippen molar-refractivity contribution in [2.75, 3.05) is 26.6 Å². The van der Waals surface area contributed by atoms with Gasteiger partial charge in [-0.25, -0.2) is 8.42 Å². The molecule has 0 spiro atoms. The molecule has 3 rings (SSSR count). The zero-order valence-corrected chi connectivity index (χ0v) is 16.4. The Morgan fingerprint density at radius 2 is 1.64 bits per heavy atom. The lowest BCUT2D eigenvalue weighted by molar-refractivity contribution is -0.111. The van der Waals surface area contributed by atoms with Gasteiger partial charge in [0.2, 0.25) is 15.6 Å². The standard InChI is InChI=1S/C20H19NO6S/c1-12(14-9-16(25-2)19(27-4)17(10-14)26-3)20(22)21-15-6-5-13-7-8-28(23,24)18(13)11-15/h5-11H,1H2,2-4H3,(H,21,22). The van der Waals surface area contributed by atoms with E-state index in [4.69, 9.17) is 14.2 Å². The fourth-order valence-corrected chi connectivity index (χ4v) is 4.05. The van der Waals surface area contributed by atoms with E-state index in [-0.39, 0.29) is 10.5 Å². The number of carbonyl (C=O) groups is 1. The fraction of sp³-hybridized carbons (Fsp3) is 0.150. The summed E-state index contributed by atoms with van der Waals surface area (Å²) in [6, 6.07) is 7.91. The van der Waals surface area contributed by atoms with Crippen LogP contribution in [0.5, 0.6) is 17.2 Å². The Kier molecular flexibility index (Phi) is 5.15. The molecule has 1 N–H and O–H groups in total. The molecule has 0 bridgehead atoms. The van der Waals surface area contributed by atoms with Gasteiger partial charge >= 0.3 is 0 Å². The van der Waals surface area contributed by atoms with E-state index in [0.717, 1.165) is 5.41 Å². The molecule has 1 amide bonds. The molecule has 1 aliphatic heterocycles. The summed E-state index contributed by atoms with van der Waals surface area (Å²) >= 11 is 0. The second-order valence-electron chi connectivity index (χ2n) is 5.95. The number of carbonyl (C=O) groups excluding carboxylic acids is 1. The van der Waals surface area contributed by atoms with Gasteiger partial charge in [-0.2, -0.15) is 0 Å². The lowest BCUT2D eigenvalue weighted by atomic mass is 10.0. The monoisotopic (exact) mass is 401 g/mol. The molecular weight excluding hydrogens is 382 g/mol. The van der Waals surface area contributed by atoms with Crippen molar-refractivity contribution in [1.82, 2.24) is 0 Å². The number of rotatable bonds is 6. The van der Waals surface area contributed by atoms with Gasteiger partial charge in [-0.15, -0.1) is 0 Å². The highest BCUT2D eigenvalue weighted by atomic mass is 32.2. The first-order valence-corrected chi connectivity index (χ1v) is 9.73. The Hall–Kier alpha value is -3.26. The number of methoxy groups -OCH3 is 3. The minimum Gasteiger partial charge on any atom is -0.493 e. The van der Waals surface area contributed by atoms with Crippen LogP contribution in [0.4, 0.5) is 5.69 Å². The summed E-state index contributed by atoms with van der Waals surface area (Å²) in [5, 5.41) is 3.80. The number of nitrogens with one attached hydrogen (secondary N) is 1. The Balaban J connectivity index is 1.88. The highest BCUT2D eigenvalue weighted by Gasteiger charge is 2.22. The SMILES string of the molecule is C=C(C(=O)Nc1ccc2c(c1)S(=O)(=O)C=C2)c1cc(OC)c(OC)c(OC)c1. The van der Waals surface area contributed by atoms with Gasteiger partial charge < -0.3 is 19.5 Å². The second kappa shape index (κ2) is 7.40. The Morgan fingerprint density at radius 1 is 1.00 bits per heavy atom. The molecule has 1 aliphatic rings. The summed E-state index contributed by atoms with van der Waals surface area (Å²) in [4.78, 5) is 12.8. The molecule has 0 aliphatic carbocycles. The first-order valence-electron chi connectivity index (χ1n) is 8.18. The number of fused-ring (bicyclic) bond motifs is 1. The summed E-state index contributed by atoms with van der Waals surface area (Å²) in [5.74, 6) is 0.692. The van der Waals surface area contributed by atoms with Crippen LogP contribution in [-0.2, 0) is 14.6 Å². The van der Waals surface area contributed by atoms with Gasteiger partial charge in [-0.05, 0) is 41.5 Å². The molecule has 2 aromatic carbocycles. The predicted molar refractivity (Wildman–Crippen MR) is 106 cm³/mol. The van der Waals surface area contributed by atoms with Crippen LogP contribution < -0.4 is 19.5 Å². The van der Waals surface area contributed by atoms with E-state index in [1.165, 1.54) is 33.5 Å². The summed E-state index contributed by atoms with van der Waals surface area (Å²) < 4.78 is 39.8. The normalized spacial score (nSPS) is 13.5. The molecule has 146 valence electrons. The van der Waals surface area contributed by atoms with E-state index in [1.54, 1.807) is 24.3 Å². The van der Waals surface area contributed by atoms with Crippen LogP contribution >= 0.6 is 0 Å². The number of hydrogen-bond acceptors (Lipinski definition) is 6. The minimum absolute atomic E-state index is 0.153. The van der Waals surface area contributed by atoms with Crippen molar-refractivity contribution in [3.8, 4) is 17.2 Å². The molecule has 8 heteroatoms. The highest BCUT2D eigenvalue weighted by Crippen LogP contribution is 2.40. The molecule has 0 saturated carbocycles. The third-order valence-corrected chi connectivity index (χ3v) is 5.75. The first kappa shape index (κ1) is 19.5. The molecule has 0 atom stereocenters. The van der Waals surface area contributed by atoms with E-state index >= 15 is 0 Å². The molecule has 7 nitrogen and oxygen atoms in total. The molecule has 0 radical (unpaired) electrons. The van der Waals surface area contributed by atoms with E-state index in [1.807, 2.05) is 0 Å². The van der Waals surface area contributed by atoms with Gasteiger partial charge in [0, 0.05) is 16.7 Å². The number of benzene rings is 2. The second-order valence-corrected chi connectivity index (χ2v) is 7.75. The fourth-order valence-electron chi connectivity index (χ4n) is 2.83. The largest absolute Gasteiger partial charge is 0.493 e. The van der Waals surface area contributed by atoms with Crippen molar-refractivity contribution in [1.29, 1.82) is 0 Å². The van der Waals surface area contributed by atoms with Crippen LogP contribution in [0, 0.1) is 0 Å². The Labute approximate surface area is 163 Å². The molecule has 0 unspecified atom stereocenters. The van der Waals surface area contributed by atoms with Crippen LogP contribution in [0.1, 0.15) is 11.1 Å². The topological polar surface area (TPSA) is 90.9 Å². The lowest BCUT2D eigenvalue weighted by Crippen LogP contribution is -2.13. The van der Waals surface area contributed by atoms with Crippen molar-refractivity contribution in [2.45, 2.75) is 4.90 Å². The van der Waals surface area contributed by atoms with Crippen LogP contribution in [0.15, 0.2) is 47.2 Å². The van der Waals surface area contributed by atoms with E-state index in [9.17, 15) is 13.2 Å². The smallest absolute Gasteiger partial charge is 0.255 e. The van der Waals surface area contributed by atoms with E-state index < -0.39 is 15.7 Å². The summed E-state index contributed by atoms with van der Waals surface area (Å²) in [6.45, 7) is 3.83. The third-order valence-electron chi connectivity index (χ3n) is 4.29. The average molecular weight is 401 g/mol. The maximum Gasteiger partial charge on any atom is 0.255 e. The molecule has 1 heterocycles. The number of ether oxygens (including phenoxy) is 3. The van der Waals surface area contributed by atoms with Crippen molar-refractivity contribution in [3.05, 3.63) is 53.4 Å². The van der Waals surface area contributed by atoms with Crippen LogP contribution in [0.2, 0.25) is 0 Å². The zero-order chi connectivity index (χ0) is 20.5. The van der Waals surface area contributed by atoms with Crippen LogP contribution in [-0.4, -0.2) is 35.7 Å². The van der Waals surface area contributed by atoms with Gasteiger partial charge in [0.05, 0.1) is 26.2 Å².